The van der Waals surface area contributed by atoms with Gasteiger partial charge in [-0.15, -0.1) is 0 Å². The molecule has 8 nitrogen and oxygen atoms in total. The summed E-state index contributed by atoms with van der Waals surface area (Å²) < 4.78 is 43.1. The Hall–Kier alpha value is -2.92. The van der Waals surface area contributed by atoms with Gasteiger partial charge >= 0.3 is 18.1 Å². The van der Waals surface area contributed by atoms with Crippen molar-refractivity contribution in [2.45, 2.75) is 32.4 Å². The number of aliphatic carboxylic acids is 2. The summed E-state index contributed by atoms with van der Waals surface area (Å²) in [5, 5.41) is 19.6. The fraction of sp³-hybridized carbons (Fsp3) is 0.450. The van der Waals surface area contributed by atoms with Gasteiger partial charge < -0.3 is 25.5 Å². The zero-order valence-corrected chi connectivity index (χ0v) is 17.1. The van der Waals surface area contributed by atoms with Crippen LogP contribution in [0, 0.1) is 0 Å². The largest absolute Gasteiger partial charge is 0.478 e. The number of hydrogen-bond acceptors (Lipinski definition) is 6. The second kappa shape index (κ2) is 15.9. The molecule has 11 heteroatoms. The molecule has 0 bridgehead atoms. The molecule has 174 valence electrons. The van der Waals surface area contributed by atoms with Crippen molar-refractivity contribution in [1.82, 2.24) is 0 Å². The second-order valence-electron chi connectivity index (χ2n) is 5.90. The average Bonchev–Trinajstić information content (AvgIpc) is 2.71. The fourth-order valence-corrected chi connectivity index (χ4v) is 2.05. The van der Waals surface area contributed by atoms with Gasteiger partial charge in [-0.05, 0) is 43.9 Å². The van der Waals surface area contributed by atoms with E-state index in [4.69, 9.17) is 25.5 Å². The average molecular weight is 448 g/mol. The Bertz CT molecular complexity index is 703. The van der Waals surface area contributed by atoms with Crippen LogP contribution < -0.4 is 5.73 Å². The number of hydrogen-bond donors (Lipinski definition) is 3. The normalized spacial score (nSPS) is 11.7. The van der Waals surface area contributed by atoms with Crippen molar-refractivity contribution in [3.05, 3.63) is 47.5 Å². The lowest BCUT2D eigenvalue weighted by Gasteiger charge is -2.10. The molecule has 0 spiro atoms. The van der Waals surface area contributed by atoms with Gasteiger partial charge in [-0.3, -0.25) is 0 Å². The Morgan fingerprint density at radius 1 is 1.06 bits per heavy atom. The standard InChI is InChI=1S/C16H23F3N2O2.C4H4O4/c1-2-22-11-4-3-5-15(21-23-12-10-20)13-6-8-14(9-7-13)16(17,18)19;5-3(6)1-2-4(7)8/h6-9H,2-5,10-12,20H2,1H3;1-2H,(H,5,6)(H,7,8). The lowest BCUT2D eigenvalue weighted by Crippen LogP contribution is -2.10. The predicted molar refractivity (Wildman–Crippen MR) is 108 cm³/mol. The number of carboxylic acids is 2. The number of unbranched alkanes of at least 4 members (excludes halogenated alkanes) is 1. The number of oxime groups is 1. The molecule has 1 aromatic rings. The highest BCUT2D eigenvalue weighted by Gasteiger charge is 2.30. The molecule has 0 atom stereocenters. The van der Waals surface area contributed by atoms with Crippen molar-refractivity contribution >= 4 is 17.7 Å². The molecular formula is C20H27F3N2O6. The summed E-state index contributed by atoms with van der Waals surface area (Å²) in [4.78, 5) is 24.2. The van der Waals surface area contributed by atoms with E-state index < -0.39 is 23.7 Å². The summed E-state index contributed by atoms with van der Waals surface area (Å²) in [6.45, 7) is 3.84. The van der Waals surface area contributed by atoms with Crippen LogP contribution in [0.2, 0.25) is 0 Å². The third-order valence-corrected chi connectivity index (χ3v) is 3.45. The first-order valence-electron chi connectivity index (χ1n) is 9.40. The molecule has 31 heavy (non-hydrogen) atoms. The minimum absolute atomic E-state index is 0.267. The van der Waals surface area contributed by atoms with E-state index in [1.165, 1.54) is 12.1 Å². The number of benzene rings is 1. The molecule has 0 aliphatic heterocycles. The van der Waals surface area contributed by atoms with Gasteiger partial charge in [-0.25, -0.2) is 9.59 Å². The smallest absolute Gasteiger partial charge is 0.416 e. The van der Waals surface area contributed by atoms with Crippen LogP contribution in [0.25, 0.3) is 0 Å². The molecule has 0 radical (unpaired) electrons. The van der Waals surface area contributed by atoms with Crippen LogP contribution in [0.3, 0.4) is 0 Å². The lowest BCUT2D eigenvalue weighted by atomic mass is 10.0. The number of nitrogens with two attached hydrogens (primary N) is 1. The van der Waals surface area contributed by atoms with Crippen molar-refractivity contribution < 1.29 is 42.5 Å². The molecule has 1 aromatic carbocycles. The van der Waals surface area contributed by atoms with Crippen molar-refractivity contribution in [3.63, 3.8) is 0 Å². The number of carbonyl (C=O) groups is 2. The molecular weight excluding hydrogens is 421 g/mol. The minimum Gasteiger partial charge on any atom is -0.478 e. The highest BCUT2D eigenvalue weighted by atomic mass is 19.4. The summed E-state index contributed by atoms with van der Waals surface area (Å²) in [5.41, 5.74) is 5.89. The van der Waals surface area contributed by atoms with E-state index in [0.717, 1.165) is 25.0 Å². The molecule has 0 fully saturated rings. The Morgan fingerprint density at radius 3 is 2.10 bits per heavy atom. The van der Waals surface area contributed by atoms with Gasteiger partial charge in [-0.2, -0.15) is 13.2 Å². The topological polar surface area (TPSA) is 131 Å². The molecule has 0 unspecified atom stereocenters. The maximum atomic E-state index is 12.6. The Balaban J connectivity index is 0.000000954. The maximum absolute atomic E-state index is 12.6. The van der Waals surface area contributed by atoms with E-state index in [-0.39, 0.29) is 6.61 Å². The second-order valence-corrected chi connectivity index (χ2v) is 5.90. The molecule has 4 N–H and O–H groups in total. The summed E-state index contributed by atoms with van der Waals surface area (Å²) in [7, 11) is 0. The van der Waals surface area contributed by atoms with Gasteiger partial charge in [0.25, 0.3) is 0 Å². The van der Waals surface area contributed by atoms with Gasteiger partial charge in [0.1, 0.15) is 6.61 Å². The van der Waals surface area contributed by atoms with Gasteiger partial charge in [0, 0.05) is 31.9 Å². The van der Waals surface area contributed by atoms with Crippen LogP contribution in [0.15, 0.2) is 41.6 Å². The van der Waals surface area contributed by atoms with Crippen molar-refractivity contribution in [1.29, 1.82) is 0 Å². The Morgan fingerprint density at radius 2 is 1.65 bits per heavy atom. The van der Waals surface area contributed by atoms with Gasteiger partial charge in [-0.1, -0.05) is 17.3 Å². The lowest BCUT2D eigenvalue weighted by molar-refractivity contribution is -0.137. The number of carboxylic acid groups (broad SMARTS) is 2. The van der Waals surface area contributed by atoms with Gasteiger partial charge in [0.05, 0.1) is 11.3 Å². The molecule has 1 rings (SSSR count). The van der Waals surface area contributed by atoms with E-state index >= 15 is 0 Å². The Labute approximate surface area is 178 Å². The number of rotatable bonds is 12. The molecule has 0 aromatic heterocycles. The van der Waals surface area contributed by atoms with Crippen LogP contribution in [0.4, 0.5) is 13.2 Å². The monoisotopic (exact) mass is 448 g/mol. The van der Waals surface area contributed by atoms with Crippen LogP contribution in [-0.4, -0.2) is 54.2 Å². The van der Waals surface area contributed by atoms with Crippen LogP contribution in [0.5, 0.6) is 0 Å². The number of nitrogens with zero attached hydrogens (tertiary/aromatic N) is 1. The van der Waals surface area contributed by atoms with Gasteiger partial charge in [0.15, 0.2) is 0 Å². The fourth-order valence-electron chi connectivity index (χ4n) is 2.05. The van der Waals surface area contributed by atoms with Crippen molar-refractivity contribution in [2.75, 3.05) is 26.4 Å². The quantitative estimate of drug-likeness (QED) is 0.193. The van der Waals surface area contributed by atoms with Gasteiger partial charge in [0.2, 0.25) is 0 Å². The number of alkyl halides is 3. The third kappa shape index (κ3) is 14.7. The third-order valence-electron chi connectivity index (χ3n) is 3.45. The predicted octanol–water partition coefficient (Wildman–Crippen LogP) is 3.30. The molecule has 0 aliphatic rings. The van der Waals surface area contributed by atoms with Crippen LogP contribution in [-0.2, 0) is 25.3 Å². The Kier molecular flexibility index (Phi) is 14.4. The number of ether oxygens (including phenoxy) is 1. The van der Waals surface area contributed by atoms with E-state index in [0.29, 0.717) is 49.6 Å². The molecule has 0 saturated heterocycles. The first-order chi connectivity index (χ1) is 14.6. The SMILES string of the molecule is CCOCCCCC(=NOCCN)c1ccc(C(F)(F)F)cc1.O=C(O)C=CC(=O)O. The summed E-state index contributed by atoms with van der Waals surface area (Å²) in [6.07, 6.45) is -0.965. The molecule has 0 amide bonds. The summed E-state index contributed by atoms with van der Waals surface area (Å²) >= 11 is 0. The summed E-state index contributed by atoms with van der Waals surface area (Å²) in [6, 6.07) is 4.92. The zero-order valence-electron chi connectivity index (χ0n) is 17.1. The van der Waals surface area contributed by atoms with Crippen LogP contribution >= 0.6 is 0 Å². The summed E-state index contributed by atoms with van der Waals surface area (Å²) in [5.74, 6) is -2.51. The van der Waals surface area contributed by atoms with E-state index in [9.17, 15) is 22.8 Å². The van der Waals surface area contributed by atoms with Crippen LogP contribution in [0.1, 0.15) is 37.3 Å². The molecule has 0 aliphatic carbocycles. The number of halogens is 3. The molecule has 0 heterocycles. The zero-order chi connectivity index (χ0) is 23.7. The van der Waals surface area contributed by atoms with E-state index in [2.05, 4.69) is 5.16 Å². The van der Waals surface area contributed by atoms with E-state index in [1.54, 1.807) is 0 Å². The van der Waals surface area contributed by atoms with Crippen molar-refractivity contribution in [3.8, 4) is 0 Å². The van der Waals surface area contributed by atoms with Crippen molar-refractivity contribution in [2.24, 2.45) is 10.9 Å². The molecule has 0 saturated carbocycles. The minimum atomic E-state index is -4.34. The highest BCUT2D eigenvalue weighted by molar-refractivity contribution is 6.00. The van der Waals surface area contributed by atoms with E-state index in [1.807, 2.05) is 6.92 Å². The first kappa shape index (κ1) is 28.1. The highest BCUT2D eigenvalue weighted by Crippen LogP contribution is 2.29. The maximum Gasteiger partial charge on any atom is 0.416 e. The first-order valence-corrected chi connectivity index (χ1v) is 9.40.